The Morgan fingerprint density at radius 3 is 2.69 bits per heavy atom. The number of amides is 2. The average molecular weight is 379 g/mol. The van der Waals surface area contributed by atoms with Gasteiger partial charge >= 0.3 is 0 Å². The first-order valence-electron chi connectivity index (χ1n) is 9.44. The van der Waals surface area contributed by atoms with Crippen molar-refractivity contribution in [1.82, 2.24) is 10.2 Å². The van der Waals surface area contributed by atoms with E-state index in [0.717, 1.165) is 32.1 Å². The molecule has 2 amide bonds. The molecule has 1 aromatic carbocycles. The van der Waals surface area contributed by atoms with Crippen LogP contribution < -0.4 is 5.32 Å². The zero-order chi connectivity index (χ0) is 18.7. The Morgan fingerprint density at radius 2 is 2.04 bits per heavy atom. The van der Waals surface area contributed by atoms with Crippen LogP contribution in [0.1, 0.15) is 56.3 Å². The molecule has 1 saturated heterocycles. The Hall–Kier alpha value is -1.59. The van der Waals surface area contributed by atoms with Crippen molar-refractivity contribution in [3.63, 3.8) is 0 Å². The van der Waals surface area contributed by atoms with E-state index >= 15 is 0 Å². The van der Waals surface area contributed by atoms with Gasteiger partial charge in [-0.3, -0.25) is 14.5 Å². The molecule has 26 heavy (non-hydrogen) atoms. The maximum absolute atomic E-state index is 13.3. The van der Waals surface area contributed by atoms with Crippen molar-refractivity contribution < 1.29 is 14.3 Å². The third kappa shape index (κ3) is 3.89. The Balaban J connectivity index is 1.89. The molecule has 5 nitrogen and oxygen atoms in total. The number of halogens is 1. The zero-order valence-electron chi connectivity index (χ0n) is 15.5. The number of ether oxygens (including phenoxy) is 1. The standard InChI is InChI=1S/C20H27ClN2O3/c1-14(2)12-22-18(24)17-13-26-20(9-4-3-5-10-20)23(17)19(25)15-7-6-8-16(21)11-15/h6-8,11,14,17H,3-5,9-10,12-13H2,1-2H3,(H,22,24)/t17-/m0/s1. The number of rotatable bonds is 4. The molecule has 1 atom stereocenters. The van der Waals surface area contributed by atoms with Crippen LogP contribution in [0.15, 0.2) is 24.3 Å². The molecule has 1 aliphatic heterocycles. The Bertz CT molecular complexity index is 671. The van der Waals surface area contributed by atoms with Gasteiger partial charge < -0.3 is 10.1 Å². The Kier molecular flexibility index (Phi) is 5.88. The normalized spacial score (nSPS) is 22.0. The number of carbonyl (C=O) groups is 2. The minimum atomic E-state index is -0.669. The van der Waals surface area contributed by atoms with Gasteiger partial charge in [-0.25, -0.2) is 0 Å². The first-order valence-corrected chi connectivity index (χ1v) is 9.82. The highest BCUT2D eigenvalue weighted by atomic mass is 35.5. The number of carbonyl (C=O) groups excluding carboxylic acids is 2. The van der Waals surface area contributed by atoms with Crippen molar-refractivity contribution in [3.8, 4) is 0 Å². The molecule has 2 aliphatic rings. The van der Waals surface area contributed by atoms with Crippen LogP contribution in [0, 0.1) is 5.92 Å². The molecule has 0 aromatic heterocycles. The lowest BCUT2D eigenvalue weighted by atomic mass is 9.89. The summed E-state index contributed by atoms with van der Waals surface area (Å²) >= 11 is 6.08. The van der Waals surface area contributed by atoms with Crippen molar-refractivity contribution in [2.24, 2.45) is 5.92 Å². The maximum Gasteiger partial charge on any atom is 0.256 e. The third-order valence-electron chi connectivity index (χ3n) is 5.17. The van der Waals surface area contributed by atoms with E-state index in [9.17, 15) is 9.59 Å². The highest BCUT2D eigenvalue weighted by molar-refractivity contribution is 6.31. The van der Waals surface area contributed by atoms with Crippen molar-refractivity contribution in [1.29, 1.82) is 0 Å². The summed E-state index contributed by atoms with van der Waals surface area (Å²) in [4.78, 5) is 27.8. The Labute approximate surface area is 160 Å². The van der Waals surface area contributed by atoms with Gasteiger partial charge in [0.15, 0.2) is 0 Å². The lowest BCUT2D eigenvalue weighted by Crippen LogP contribution is -2.56. The maximum atomic E-state index is 13.3. The number of hydrogen-bond acceptors (Lipinski definition) is 3. The van der Waals surface area contributed by atoms with Gasteiger partial charge in [0.25, 0.3) is 5.91 Å². The molecular weight excluding hydrogens is 352 g/mol. The van der Waals surface area contributed by atoms with Gasteiger partial charge in [-0.1, -0.05) is 37.9 Å². The molecule has 1 saturated carbocycles. The summed E-state index contributed by atoms with van der Waals surface area (Å²) in [5.74, 6) is 0.0233. The summed E-state index contributed by atoms with van der Waals surface area (Å²) in [6, 6.07) is 6.29. The van der Waals surface area contributed by atoms with Crippen LogP contribution >= 0.6 is 11.6 Å². The van der Waals surface area contributed by atoms with Crippen molar-refractivity contribution in [2.45, 2.75) is 57.7 Å². The van der Waals surface area contributed by atoms with Gasteiger partial charge in [-0.2, -0.15) is 0 Å². The topological polar surface area (TPSA) is 58.6 Å². The zero-order valence-corrected chi connectivity index (χ0v) is 16.2. The van der Waals surface area contributed by atoms with Gasteiger partial charge in [0, 0.05) is 17.1 Å². The summed E-state index contributed by atoms with van der Waals surface area (Å²) in [6.45, 7) is 4.92. The number of nitrogens with zero attached hydrogens (tertiary/aromatic N) is 1. The van der Waals surface area contributed by atoms with E-state index in [-0.39, 0.29) is 18.4 Å². The van der Waals surface area contributed by atoms with E-state index in [1.165, 1.54) is 0 Å². The monoisotopic (exact) mass is 378 g/mol. The Morgan fingerprint density at radius 1 is 1.31 bits per heavy atom. The summed E-state index contributed by atoms with van der Waals surface area (Å²) in [5, 5.41) is 3.46. The van der Waals surface area contributed by atoms with E-state index in [1.807, 2.05) is 13.8 Å². The van der Waals surface area contributed by atoms with Gasteiger partial charge in [0.05, 0.1) is 6.61 Å². The smallest absolute Gasteiger partial charge is 0.256 e. The van der Waals surface area contributed by atoms with Crippen molar-refractivity contribution in [3.05, 3.63) is 34.9 Å². The molecule has 2 fully saturated rings. The lowest BCUT2D eigenvalue weighted by molar-refractivity contribution is -0.127. The number of hydrogen-bond donors (Lipinski definition) is 1. The van der Waals surface area contributed by atoms with E-state index in [0.29, 0.717) is 23.0 Å². The lowest BCUT2D eigenvalue weighted by Gasteiger charge is -2.41. The molecule has 1 spiro atoms. The predicted octanol–water partition coefficient (Wildman–Crippen LogP) is 3.61. The highest BCUT2D eigenvalue weighted by Crippen LogP contribution is 2.41. The number of benzene rings is 1. The van der Waals surface area contributed by atoms with Crippen LogP contribution in [0.3, 0.4) is 0 Å². The summed E-state index contributed by atoms with van der Waals surface area (Å²) in [6.07, 6.45) is 4.67. The molecular formula is C20H27ClN2O3. The van der Waals surface area contributed by atoms with Gasteiger partial charge in [0.1, 0.15) is 11.8 Å². The van der Waals surface area contributed by atoms with Crippen LogP contribution in [0.4, 0.5) is 0 Å². The quantitative estimate of drug-likeness (QED) is 0.870. The van der Waals surface area contributed by atoms with Crippen molar-refractivity contribution >= 4 is 23.4 Å². The van der Waals surface area contributed by atoms with E-state index in [2.05, 4.69) is 5.32 Å². The molecule has 0 radical (unpaired) electrons. The van der Waals surface area contributed by atoms with E-state index in [1.54, 1.807) is 29.2 Å². The van der Waals surface area contributed by atoms with Gasteiger partial charge in [-0.05, 0) is 49.8 Å². The summed E-state index contributed by atoms with van der Waals surface area (Å²) in [5.41, 5.74) is -0.174. The van der Waals surface area contributed by atoms with E-state index in [4.69, 9.17) is 16.3 Å². The summed E-state index contributed by atoms with van der Waals surface area (Å²) in [7, 11) is 0. The number of nitrogens with one attached hydrogen (secondary N) is 1. The minimum absolute atomic E-state index is 0.142. The second kappa shape index (κ2) is 7.97. The van der Waals surface area contributed by atoms with Gasteiger partial charge in [0.2, 0.25) is 5.91 Å². The van der Waals surface area contributed by atoms with Crippen LogP contribution in [0.5, 0.6) is 0 Å². The molecule has 6 heteroatoms. The van der Waals surface area contributed by atoms with Gasteiger partial charge in [-0.15, -0.1) is 0 Å². The molecule has 142 valence electrons. The molecule has 0 unspecified atom stereocenters. The SMILES string of the molecule is CC(C)CNC(=O)[C@@H]1COC2(CCCCC2)N1C(=O)c1cccc(Cl)c1. The second-order valence-electron chi connectivity index (χ2n) is 7.66. The van der Waals surface area contributed by atoms with Crippen LogP contribution in [-0.4, -0.2) is 41.6 Å². The first-order chi connectivity index (χ1) is 12.4. The van der Waals surface area contributed by atoms with Crippen molar-refractivity contribution in [2.75, 3.05) is 13.2 Å². The van der Waals surface area contributed by atoms with Crippen LogP contribution in [-0.2, 0) is 9.53 Å². The predicted molar refractivity (Wildman–Crippen MR) is 101 cm³/mol. The third-order valence-corrected chi connectivity index (χ3v) is 5.41. The molecule has 0 bridgehead atoms. The molecule has 3 rings (SSSR count). The highest BCUT2D eigenvalue weighted by Gasteiger charge is 2.52. The first kappa shape index (κ1) is 19.2. The fraction of sp³-hybridized carbons (Fsp3) is 0.600. The van der Waals surface area contributed by atoms with Crippen LogP contribution in [0.2, 0.25) is 5.02 Å². The minimum Gasteiger partial charge on any atom is -0.354 e. The fourth-order valence-corrected chi connectivity index (χ4v) is 4.04. The largest absolute Gasteiger partial charge is 0.354 e. The average Bonchev–Trinajstić information content (AvgIpc) is 2.98. The van der Waals surface area contributed by atoms with E-state index < -0.39 is 11.8 Å². The molecule has 1 N–H and O–H groups in total. The summed E-state index contributed by atoms with van der Waals surface area (Å²) < 4.78 is 6.12. The molecule has 1 heterocycles. The second-order valence-corrected chi connectivity index (χ2v) is 8.09. The van der Waals surface area contributed by atoms with Crippen LogP contribution in [0.25, 0.3) is 0 Å². The molecule has 1 aromatic rings. The fourth-order valence-electron chi connectivity index (χ4n) is 3.85. The molecule has 1 aliphatic carbocycles.